The highest BCUT2D eigenvalue weighted by Gasteiger charge is 2.31. The van der Waals surface area contributed by atoms with E-state index in [1.807, 2.05) is 6.07 Å². The predicted octanol–water partition coefficient (Wildman–Crippen LogP) is 3.14. The van der Waals surface area contributed by atoms with Crippen LogP contribution in [-0.4, -0.2) is 24.7 Å². The van der Waals surface area contributed by atoms with E-state index in [2.05, 4.69) is 5.09 Å². The van der Waals surface area contributed by atoms with E-state index in [0.29, 0.717) is 5.75 Å². The van der Waals surface area contributed by atoms with Crippen molar-refractivity contribution in [3.63, 3.8) is 0 Å². The molecule has 0 aromatic heterocycles. The molecule has 0 unspecified atom stereocenters. The second-order valence-electron chi connectivity index (χ2n) is 4.66. The van der Waals surface area contributed by atoms with Crippen LogP contribution in [0.3, 0.4) is 0 Å². The third-order valence-corrected chi connectivity index (χ3v) is 4.08. The summed E-state index contributed by atoms with van der Waals surface area (Å²) in [5.41, 5.74) is 0. The molecule has 1 N–H and O–H groups in total. The van der Waals surface area contributed by atoms with E-state index in [0.717, 1.165) is 0 Å². The molecule has 0 aliphatic rings. The Labute approximate surface area is 125 Å². The zero-order valence-corrected chi connectivity index (χ0v) is 13.6. The van der Waals surface area contributed by atoms with Crippen LogP contribution < -0.4 is 9.61 Å². The molecule has 0 amide bonds. The molecule has 0 saturated carbocycles. The number of esters is 1. The van der Waals surface area contributed by atoms with Gasteiger partial charge >= 0.3 is 13.7 Å². The van der Waals surface area contributed by atoms with E-state index in [4.69, 9.17) is 13.8 Å². The lowest BCUT2D eigenvalue weighted by atomic mass is 10.3. The number of para-hydroxylation sites is 1. The lowest BCUT2D eigenvalue weighted by Crippen LogP contribution is -2.36. The van der Waals surface area contributed by atoms with Gasteiger partial charge in [0.1, 0.15) is 11.8 Å². The molecule has 0 aliphatic carbocycles. The minimum absolute atomic E-state index is 0.184. The maximum absolute atomic E-state index is 12.6. The minimum atomic E-state index is -3.65. The quantitative estimate of drug-likeness (QED) is 0.587. The highest BCUT2D eigenvalue weighted by atomic mass is 31.2. The summed E-state index contributed by atoms with van der Waals surface area (Å²) >= 11 is 0. The Balaban J connectivity index is 2.76. The van der Waals surface area contributed by atoms with E-state index in [1.54, 1.807) is 52.0 Å². The van der Waals surface area contributed by atoms with E-state index in [-0.39, 0.29) is 12.7 Å². The summed E-state index contributed by atoms with van der Waals surface area (Å²) in [6, 6.07) is 7.82. The number of carbonyl (C=O) groups excluding carboxylic acids is 1. The lowest BCUT2D eigenvalue weighted by molar-refractivity contribution is -0.149. The van der Waals surface area contributed by atoms with Crippen LogP contribution in [0, 0.1) is 0 Å². The smallest absolute Gasteiger partial charge is 0.459 e. The summed E-state index contributed by atoms with van der Waals surface area (Å²) in [7, 11) is -3.65. The van der Waals surface area contributed by atoms with Crippen molar-refractivity contribution in [1.82, 2.24) is 5.09 Å². The van der Waals surface area contributed by atoms with E-state index in [1.165, 1.54) is 0 Å². The van der Waals surface area contributed by atoms with Crippen molar-refractivity contribution < 1.29 is 23.1 Å². The molecule has 0 saturated heterocycles. The first-order valence-electron chi connectivity index (χ1n) is 6.84. The monoisotopic (exact) mass is 315 g/mol. The fourth-order valence-electron chi connectivity index (χ4n) is 1.50. The molecule has 1 aromatic rings. The van der Waals surface area contributed by atoms with E-state index < -0.39 is 19.8 Å². The Morgan fingerprint density at radius 3 is 2.38 bits per heavy atom. The second kappa shape index (κ2) is 8.17. The maximum Gasteiger partial charge on any atom is 0.459 e. The van der Waals surface area contributed by atoms with Crippen molar-refractivity contribution in [3.05, 3.63) is 30.3 Å². The van der Waals surface area contributed by atoms with Gasteiger partial charge in [0.05, 0.1) is 12.7 Å². The SMILES string of the molecule is CCO[P@@](=O)(N[C@@H](C)C(=O)OC(C)C)Oc1ccccc1. The van der Waals surface area contributed by atoms with Gasteiger partial charge < -0.3 is 9.26 Å². The summed E-state index contributed by atoms with van der Waals surface area (Å²) in [6.45, 7) is 6.91. The first kappa shape index (κ1) is 17.7. The Hall–Kier alpha value is -1.36. The molecule has 21 heavy (non-hydrogen) atoms. The fourth-order valence-corrected chi connectivity index (χ4v) is 3.00. The van der Waals surface area contributed by atoms with Gasteiger partial charge in [-0.25, -0.2) is 4.57 Å². The van der Waals surface area contributed by atoms with Crippen molar-refractivity contribution in [2.45, 2.75) is 39.8 Å². The molecule has 0 fully saturated rings. The molecule has 0 bridgehead atoms. The van der Waals surface area contributed by atoms with Crippen LogP contribution in [0.25, 0.3) is 0 Å². The van der Waals surface area contributed by atoms with Crippen LogP contribution in [0.4, 0.5) is 0 Å². The summed E-state index contributed by atoms with van der Waals surface area (Å²) in [4.78, 5) is 11.8. The summed E-state index contributed by atoms with van der Waals surface area (Å²) in [5.74, 6) is -0.118. The van der Waals surface area contributed by atoms with Crippen LogP contribution in [-0.2, 0) is 18.6 Å². The zero-order chi connectivity index (χ0) is 15.9. The summed E-state index contributed by atoms with van der Waals surface area (Å²) in [6.07, 6.45) is -0.247. The largest absolute Gasteiger partial charge is 0.462 e. The molecule has 1 rings (SSSR count). The highest BCUT2D eigenvalue weighted by Crippen LogP contribution is 2.44. The Morgan fingerprint density at radius 2 is 1.86 bits per heavy atom. The van der Waals surface area contributed by atoms with Gasteiger partial charge in [0.2, 0.25) is 0 Å². The normalized spacial score (nSPS) is 15.3. The molecule has 0 radical (unpaired) electrons. The first-order chi connectivity index (χ1) is 9.86. The van der Waals surface area contributed by atoms with Gasteiger partial charge in [-0.3, -0.25) is 9.32 Å². The van der Waals surface area contributed by atoms with Gasteiger partial charge in [-0.2, -0.15) is 5.09 Å². The molecule has 7 heteroatoms. The van der Waals surface area contributed by atoms with Crippen LogP contribution in [0.15, 0.2) is 30.3 Å². The molecule has 0 heterocycles. The van der Waals surface area contributed by atoms with Gasteiger partial charge in [-0.1, -0.05) is 18.2 Å². The second-order valence-corrected chi connectivity index (χ2v) is 6.35. The summed E-state index contributed by atoms with van der Waals surface area (Å²) in [5, 5.41) is 2.58. The van der Waals surface area contributed by atoms with Crippen molar-refractivity contribution in [2.24, 2.45) is 0 Å². The zero-order valence-electron chi connectivity index (χ0n) is 12.7. The Bertz CT molecular complexity index is 491. The molecule has 0 aliphatic heterocycles. The van der Waals surface area contributed by atoms with Crippen molar-refractivity contribution >= 4 is 13.7 Å². The van der Waals surface area contributed by atoms with Crippen LogP contribution >= 0.6 is 7.75 Å². The number of carbonyl (C=O) groups is 1. The van der Waals surface area contributed by atoms with E-state index >= 15 is 0 Å². The number of hydrogen-bond acceptors (Lipinski definition) is 5. The van der Waals surface area contributed by atoms with Gasteiger partial charge in [-0.05, 0) is 39.8 Å². The molecule has 118 valence electrons. The standard InChI is InChI=1S/C14H22NO5P/c1-5-18-21(17,20-13-9-7-6-8-10-13)15-12(4)14(16)19-11(2)3/h6-12H,5H2,1-4H3,(H,15,17)/t12-,21-/m0/s1. The number of nitrogens with one attached hydrogen (secondary N) is 1. The maximum atomic E-state index is 12.6. The fraction of sp³-hybridized carbons (Fsp3) is 0.500. The first-order valence-corrected chi connectivity index (χ1v) is 8.38. The Kier molecular flexibility index (Phi) is 6.89. The number of hydrogen-bond donors (Lipinski definition) is 1. The number of benzene rings is 1. The van der Waals surface area contributed by atoms with Crippen LogP contribution in [0.2, 0.25) is 0 Å². The highest BCUT2D eigenvalue weighted by molar-refractivity contribution is 7.52. The minimum Gasteiger partial charge on any atom is -0.462 e. The average Bonchev–Trinajstić information content (AvgIpc) is 2.38. The number of ether oxygens (including phenoxy) is 1. The van der Waals surface area contributed by atoms with Crippen molar-refractivity contribution in [1.29, 1.82) is 0 Å². The van der Waals surface area contributed by atoms with Crippen molar-refractivity contribution in [3.8, 4) is 5.75 Å². The molecule has 0 spiro atoms. The molecule has 2 atom stereocenters. The topological polar surface area (TPSA) is 73.9 Å². The Morgan fingerprint density at radius 1 is 1.24 bits per heavy atom. The molecule has 1 aromatic carbocycles. The lowest BCUT2D eigenvalue weighted by Gasteiger charge is -2.22. The van der Waals surface area contributed by atoms with Gasteiger partial charge in [0, 0.05) is 0 Å². The molecular weight excluding hydrogens is 293 g/mol. The predicted molar refractivity (Wildman–Crippen MR) is 80.1 cm³/mol. The van der Waals surface area contributed by atoms with Crippen LogP contribution in [0.5, 0.6) is 5.75 Å². The average molecular weight is 315 g/mol. The van der Waals surface area contributed by atoms with E-state index in [9.17, 15) is 9.36 Å². The number of rotatable bonds is 8. The van der Waals surface area contributed by atoms with Crippen LogP contribution in [0.1, 0.15) is 27.7 Å². The molecular formula is C14H22NO5P. The summed E-state index contributed by atoms with van der Waals surface area (Å²) < 4.78 is 28.2. The molecule has 6 nitrogen and oxygen atoms in total. The third-order valence-electron chi connectivity index (χ3n) is 2.33. The van der Waals surface area contributed by atoms with Gasteiger partial charge in [-0.15, -0.1) is 0 Å². The van der Waals surface area contributed by atoms with Gasteiger partial charge in [0.25, 0.3) is 0 Å². The van der Waals surface area contributed by atoms with Gasteiger partial charge in [0.15, 0.2) is 0 Å². The third kappa shape index (κ3) is 6.29. The van der Waals surface area contributed by atoms with Crippen molar-refractivity contribution in [2.75, 3.05) is 6.61 Å².